The molecule has 7 nitrogen and oxygen atoms in total. The Labute approximate surface area is 164 Å². The van der Waals surface area contributed by atoms with Gasteiger partial charge in [0.05, 0.1) is 29.0 Å². The number of rotatable bonds is 2. The van der Waals surface area contributed by atoms with Crippen molar-refractivity contribution in [2.45, 2.75) is 38.6 Å². The monoisotopic (exact) mass is 395 g/mol. The molecular weight excluding hydrogens is 377 g/mol. The number of hydrogen-bond donors (Lipinski definition) is 2. The number of benzene rings is 1. The van der Waals surface area contributed by atoms with Crippen molar-refractivity contribution in [3.8, 4) is 11.4 Å². The molecule has 0 fully saturated rings. The Morgan fingerprint density at radius 1 is 1.31 bits per heavy atom. The first-order chi connectivity index (χ1) is 13.9. The van der Waals surface area contributed by atoms with Crippen LogP contribution in [0.15, 0.2) is 29.1 Å². The highest BCUT2D eigenvalue weighted by molar-refractivity contribution is 5.89. The number of nitrogens with zero attached hydrogens (tertiary/aromatic N) is 2. The molecule has 1 atom stereocenters. The first-order valence-corrected chi connectivity index (χ1v) is 9.37. The number of aromatic nitrogens is 2. The van der Waals surface area contributed by atoms with E-state index in [-0.39, 0.29) is 48.6 Å². The summed E-state index contributed by atoms with van der Waals surface area (Å²) < 4.78 is 20.4. The van der Waals surface area contributed by atoms with Crippen LogP contribution in [0.2, 0.25) is 0 Å². The highest BCUT2D eigenvalue weighted by Crippen LogP contribution is 2.40. The number of esters is 1. The Balaban J connectivity index is 1.84. The Morgan fingerprint density at radius 2 is 2.10 bits per heavy atom. The fourth-order valence-corrected chi connectivity index (χ4v) is 4.37. The van der Waals surface area contributed by atoms with E-state index in [4.69, 9.17) is 10.5 Å². The van der Waals surface area contributed by atoms with Crippen LogP contribution in [-0.2, 0) is 34.8 Å². The molecular formula is C21H18FN3O4. The van der Waals surface area contributed by atoms with E-state index >= 15 is 0 Å². The number of ether oxygens (including phenoxy) is 1. The molecule has 8 heteroatoms. The number of carbonyl (C=O) groups is 1. The van der Waals surface area contributed by atoms with Crippen LogP contribution < -0.4 is 11.3 Å². The van der Waals surface area contributed by atoms with Crippen LogP contribution >= 0.6 is 0 Å². The molecule has 5 rings (SSSR count). The molecule has 29 heavy (non-hydrogen) atoms. The second-order valence-corrected chi connectivity index (χ2v) is 7.39. The predicted octanol–water partition coefficient (Wildman–Crippen LogP) is 1.68. The van der Waals surface area contributed by atoms with Gasteiger partial charge < -0.3 is 20.1 Å². The molecule has 0 bridgehead atoms. The number of nitrogens with two attached hydrogens (primary N) is 1. The lowest BCUT2D eigenvalue weighted by Gasteiger charge is -2.31. The average Bonchev–Trinajstić information content (AvgIpc) is 3.08. The van der Waals surface area contributed by atoms with Crippen molar-refractivity contribution in [3.05, 3.63) is 62.7 Å². The van der Waals surface area contributed by atoms with E-state index in [2.05, 4.69) is 4.98 Å². The maximum atomic E-state index is 13.8. The number of aliphatic hydroxyl groups is 1. The second kappa shape index (κ2) is 5.95. The van der Waals surface area contributed by atoms with Crippen molar-refractivity contribution in [1.29, 1.82) is 0 Å². The van der Waals surface area contributed by atoms with E-state index in [1.807, 2.05) is 0 Å². The number of carbonyl (C=O) groups excluding carboxylic acids is 1. The average molecular weight is 395 g/mol. The van der Waals surface area contributed by atoms with Gasteiger partial charge in [-0.25, -0.2) is 14.2 Å². The summed E-state index contributed by atoms with van der Waals surface area (Å²) in [4.78, 5) is 30.0. The second-order valence-electron chi connectivity index (χ2n) is 7.39. The molecule has 0 spiro atoms. The Morgan fingerprint density at radius 3 is 2.83 bits per heavy atom. The largest absolute Gasteiger partial charge is 0.458 e. The molecule has 148 valence electrons. The van der Waals surface area contributed by atoms with Gasteiger partial charge in [0, 0.05) is 23.1 Å². The summed E-state index contributed by atoms with van der Waals surface area (Å²) in [5, 5.41) is 11.5. The SMILES string of the molecule is CC[C@@]1(O)C(=O)OCc2c1cc1n(c2=O)Cc2c-1nc1ccc(F)cc1c2CN. The number of halogens is 1. The molecule has 2 aliphatic rings. The van der Waals surface area contributed by atoms with E-state index in [0.29, 0.717) is 22.3 Å². The number of cyclic esters (lactones) is 1. The molecule has 4 heterocycles. The summed E-state index contributed by atoms with van der Waals surface area (Å²) in [5.74, 6) is -1.15. The van der Waals surface area contributed by atoms with Gasteiger partial charge in [-0.2, -0.15) is 0 Å². The Hall–Kier alpha value is -3.10. The lowest BCUT2D eigenvalue weighted by atomic mass is 9.86. The summed E-state index contributed by atoms with van der Waals surface area (Å²) in [7, 11) is 0. The fraction of sp³-hybridized carbons (Fsp3) is 0.286. The topological polar surface area (TPSA) is 107 Å². The van der Waals surface area contributed by atoms with Crippen LogP contribution in [0.4, 0.5) is 4.39 Å². The summed E-state index contributed by atoms with van der Waals surface area (Å²) in [6.45, 7) is 1.87. The van der Waals surface area contributed by atoms with Crippen LogP contribution in [0.25, 0.3) is 22.3 Å². The van der Waals surface area contributed by atoms with Gasteiger partial charge in [-0.15, -0.1) is 0 Å². The Kier molecular flexibility index (Phi) is 3.68. The molecule has 0 saturated heterocycles. The van der Waals surface area contributed by atoms with Crippen molar-refractivity contribution >= 4 is 16.9 Å². The lowest BCUT2D eigenvalue weighted by Crippen LogP contribution is -2.44. The molecule has 3 N–H and O–H groups in total. The van der Waals surface area contributed by atoms with Crippen LogP contribution in [0.3, 0.4) is 0 Å². The smallest absolute Gasteiger partial charge is 0.343 e. The standard InChI is InChI=1S/C21H18FN3O4/c1-2-21(28)15-6-17-18-13(8-25(17)19(26)14(15)9-29-20(21)27)12(7-23)11-5-10(22)3-4-16(11)24-18/h3-6,28H,2,7-9,23H2,1H3/t21-/m0/s1. The maximum absolute atomic E-state index is 13.8. The number of fused-ring (bicyclic) bond motifs is 5. The van der Waals surface area contributed by atoms with Crippen molar-refractivity contribution in [1.82, 2.24) is 9.55 Å². The van der Waals surface area contributed by atoms with Gasteiger partial charge in [-0.05, 0) is 36.2 Å². The number of hydrogen-bond acceptors (Lipinski definition) is 6. The third kappa shape index (κ3) is 2.27. The van der Waals surface area contributed by atoms with E-state index in [1.54, 1.807) is 23.6 Å². The zero-order valence-electron chi connectivity index (χ0n) is 15.7. The Bertz CT molecular complexity index is 1280. The summed E-state index contributed by atoms with van der Waals surface area (Å²) in [6, 6.07) is 5.94. The van der Waals surface area contributed by atoms with Gasteiger partial charge in [-0.1, -0.05) is 6.92 Å². The molecule has 2 aromatic heterocycles. The maximum Gasteiger partial charge on any atom is 0.343 e. The van der Waals surface area contributed by atoms with E-state index in [0.717, 1.165) is 11.1 Å². The highest BCUT2D eigenvalue weighted by atomic mass is 19.1. The van der Waals surface area contributed by atoms with Crippen molar-refractivity contribution in [2.24, 2.45) is 5.73 Å². The molecule has 0 amide bonds. The summed E-state index contributed by atoms with van der Waals surface area (Å²) >= 11 is 0. The predicted molar refractivity (Wildman–Crippen MR) is 102 cm³/mol. The molecule has 0 aliphatic carbocycles. The van der Waals surface area contributed by atoms with Gasteiger partial charge >= 0.3 is 5.97 Å². The minimum absolute atomic E-state index is 0.0764. The minimum atomic E-state index is -1.87. The van der Waals surface area contributed by atoms with Crippen LogP contribution in [0, 0.1) is 5.82 Å². The number of pyridine rings is 2. The van der Waals surface area contributed by atoms with E-state index < -0.39 is 11.6 Å². The molecule has 1 aromatic carbocycles. The first-order valence-electron chi connectivity index (χ1n) is 9.37. The summed E-state index contributed by atoms with van der Waals surface area (Å²) in [5.41, 5.74) is 7.38. The molecule has 2 aliphatic heterocycles. The first kappa shape index (κ1) is 18.0. The van der Waals surface area contributed by atoms with Gasteiger partial charge in [0.25, 0.3) is 5.56 Å². The van der Waals surface area contributed by atoms with Crippen molar-refractivity contribution in [3.63, 3.8) is 0 Å². The van der Waals surface area contributed by atoms with Crippen LogP contribution in [-0.4, -0.2) is 20.6 Å². The van der Waals surface area contributed by atoms with E-state index in [9.17, 15) is 19.1 Å². The zero-order valence-corrected chi connectivity index (χ0v) is 15.7. The van der Waals surface area contributed by atoms with E-state index in [1.165, 1.54) is 12.1 Å². The minimum Gasteiger partial charge on any atom is -0.458 e. The third-order valence-corrected chi connectivity index (χ3v) is 5.97. The van der Waals surface area contributed by atoms with Crippen molar-refractivity contribution < 1.29 is 19.0 Å². The lowest BCUT2D eigenvalue weighted by molar-refractivity contribution is -0.172. The van der Waals surface area contributed by atoms with Crippen molar-refractivity contribution in [2.75, 3.05) is 0 Å². The normalized spacial score (nSPS) is 19.7. The van der Waals surface area contributed by atoms with Gasteiger partial charge in [-0.3, -0.25) is 4.79 Å². The molecule has 0 radical (unpaired) electrons. The molecule has 0 saturated carbocycles. The fourth-order valence-electron chi connectivity index (χ4n) is 4.37. The third-order valence-electron chi connectivity index (χ3n) is 5.97. The van der Waals surface area contributed by atoms with Gasteiger partial charge in [0.15, 0.2) is 5.60 Å². The zero-order chi connectivity index (χ0) is 20.5. The van der Waals surface area contributed by atoms with Gasteiger partial charge in [0.2, 0.25) is 0 Å². The van der Waals surface area contributed by atoms with Crippen LogP contribution in [0.5, 0.6) is 0 Å². The van der Waals surface area contributed by atoms with Gasteiger partial charge in [0.1, 0.15) is 12.4 Å². The quantitative estimate of drug-likeness (QED) is 0.500. The highest BCUT2D eigenvalue weighted by Gasteiger charge is 2.45. The molecule has 3 aromatic rings. The van der Waals surface area contributed by atoms with Crippen LogP contribution in [0.1, 0.15) is 35.6 Å². The summed E-state index contributed by atoms with van der Waals surface area (Å²) in [6.07, 6.45) is 0.0764. The molecule has 0 unspecified atom stereocenters.